The molecule has 0 N–H and O–H groups in total. The van der Waals surface area contributed by atoms with Gasteiger partial charge >= 0.3 is 0 Å². The molecule has 0 spiro atoms. The predicted molar refractivity (Wildman–Crippen MR) is 116 cm³/mol. The van der Waals surface area contributed by atoms with Gasteiger partial charge in [-0.3, -0.25) is 9.59 Å². The van der Waals surface area contributed by atoms with E-state index >= 15 is 0 Å². The summed E-state index contributed by atoms with van der Waals surface area (Å²) >= 11 is 1.46. The standard InChI is InChI=1S/C23H25N3O3S/c1-17-21(24-22(30-17)19-10-6-16-29-19)23(28)26-14-12-25(13-15-26)20(27)11-5-9-18-7-3-2-4-8-18/h2-4,6-8,10,16H,5,9,11-15H2,1H3. The summed E-state index contributed by atoms with van der Waals surface area (Å²) in [5, 5.41) is 0.716. The molecule has 0 unspecified atom stereocenters. The maximum Gasteiger partial charge on any atom is 0.273 e. The third-order valence-corrected chi connectivity index (χ3v) is 6.33. The Kier molecular flexibility index (Phi) is 6.28. The summed E-state index contributed by atoms with van der Waals surface area (Å²) in [6.45, 7) is 4.13. The van der Waals surface area contributed by atoms with Crippen LogP contribution in [0.25, 0.3) is 10.8 Å². The highest BCUT2D eigenvalue weighted by Crippen LogP contribution is 2.28. The zero-order valence-corrected chi connectivity index (χ0v) is 17.9. The van der Waals surface area contributed by atoms with Crippen molar-refractivity contribution in [2.24, 2.45) is 0 Å². The van der Waals surface area contributed by atoms with Gasteiger partial charge in [0.25, 0.3) is 5.91 Å². The fourth-order valence-electron chi connectivity index (χ4n) is 3.66. The van der Waals surface area contributed by atoms with Crippen LogP contribution in [0, 0.1) is 6.92 Å². The SMILES string of the molecule is Cc1sc(-c2ccco2)nc1C(=O)N1CCN(C(=O)CCCc2ccccc2)CC1. The molecule has 0 radical (unpaired) electrons. The average Bonchev–Trinajstić information content (AvgIpc) is 3.44. The molecular formula is C23H25N3O3S. The Morgan fingerprint density at radius 1 is 1.03 bits per heavy atom. The summed E-state index contributed by atoms with van der Waals surface area (Å²) < 4.78 is 5.39. The minimum atomic E-state index is -0.0715. The molecule has 156 valence electrons. The second-order valence-corrected chi connectivity index (χ2v) is 8.62. The molecular weight excluding hydrogens is 398 g/mol. The van der Waals surface area contributed by atoms with Gasteiger partial charge in [0.05, 0.1) is 6.26 Å². The van der Waals surface area contributed by atoms with Gasteiger partial charge in [0.1, 0.15) is 5.69 Å². The molecule has 0 saturated carbocycles. The second-order valence-electron chi connectivity index (χ2n) is 7.41. The van der Waals surface area contributed by atoms with E-state index in [0.29, 0.717) is 49.1 Å². The Labute approximate surface area is 180 Å². The molecule has 7 heteroatoms. The van der Waals surface area contributed by atoms with Crippen molar-refractivity contribution in [3.63, 3.8) is 0 Å². The van der Waals surface area contributed by atoms with E-state index in [0.717, 1.165) is 17.7 Å². The molecule has 4 rings (SSSR count). The van der Waals surface area contributed by atoms with Crippen LogP contribution in [0.15, 0.2) is 53.1 Å². The number of carbonyl (C=O) groups excluding carboxylic acids is 2. The van der Waals surface area contributed by atoms with E-state index < -0.39 is 0 Å². The number of furan rings is 1. The normalized spacial score (nSPS) is 14.2. The highest BCUT2D eigenvalue weighted by atomic mass is 32.1. The van der Waals surface area contributed by atoms with Crippen molar-refractivity contribution in [1.82, 2.24) is 14.8 Å². The van der Waals surface area contributed by atoms with Gasteiger partial charge in [-0.25, -0.2) is 4.98 Å². The molecule has 0 atom stereocenters. The third kappa shape index (κ3) is 4.62. The zero-order valence-electron chi connectivity index (χ0n) is 17.0. The molecule has 1 aromatic carbocycles. The first kappa shape index (κ1) is 20.3. The van der Waals surface area contributed by atoms with E-state index in [1.54, 1.807) is 11.2 Å². The number of hydrogen-bond donors (Lipinski definition) is 0. The molecule has 1 saturated heterocycles. The van der Waals surface area contributed by atoms with Crippen LogP contribution in [0.2, 0.25) is 0 Å². The number of carbonyl (C=O) groups is 2. The molecule has 1 fully saturated rings. The van der Waals surface area contributed by atoms with Crippen molar-refractivity contribution in [1.29, 1.82) is 0 Å². The van der Waals surface area contributed by atoms with Gasteiger partial charge in [-0.1, -0.05) is 30.3 Å². The number of hydrogen-bond acceptors (Lipinski definition) is 5. The molecule has 2 aromatic heterocycles. The first-order valence-electron chi connectivity index (χ1n) is 10.2. The quantitative estimate of drug-likeness (QED) is 0.601. The molecule has 6 nitrogen and oxygen atoms in total. The smallest absolute Gasteiger partial charge is 0.273 e. The lowest BCUT2D eigenvalue weighted by atomic mass is 10.1. The maximum absolute atomic E-state index is 12.9. The highest BCUT2D eigenvalue weighted by Gasteiger charge is 2.27. The van der Waals surface area contributed by atoms with E-state index in [-0.39, 0.29) is 11.8 Å². The summed E-state index contributed by atoms with van der Waals surface area (Å²) in [4.78, 5) is 34.5. The fourth-order valence-corrected chi connectivity index (χ4v) is 4.53. The number of benzene rings is 1. The molecule has 1 aliphatic rings. The van der Waals surface area contributed by atoms with Gasteiger partial charge in [-0.2, -0.15) is 0 Å². The Morgan fingerprint density at radius 2 is 1.77 bits per heavy atom. The number of piperazine rings is 1. The van der Waals surface area contributed by atoms with E-state index in [4.69, 9.17) is 4.42 Å². The maximum atomic E-state index is 12.9. The average molecular weight is 424 g/mol. The Morgan fingerprint density at radius 3 is 2.47 bits per heavy atom. The van der Waals surface area contributed by atoms with Crippen molar-refractivity contribution < 1.29 is 14.0 Å². The van der Waals surface area contributed by atoms with Crippen molar-refractivity contribution in [2.75, 3.05) is 26.2 Å². The van der Waals surface area contributed by atoms with Gasteiger partial charge in [0.15, 0.2) is 10.8 Å². The number of aromatic nitrogens is 1. The Hall–Kier alpha value is -2.93. The largest absolute Gasteiger partial charge is 0.462 e. The summed E-state index contributed by atoms with van der Waals surface area (Å²) in [6, 6.07) is 13.9. The lowest BCUT2D eigenvalue weighted by molar-refractivity contribution is -0.132. The van der Waals surface area contributed by atoms with Gasteiger partial charge in [0.2, 0.25) is 5.91 Å². The minimum absolute atomic E-state index is 0.0715. The first-order valence-corrected chi connectivity index (χ1v) is 11.1. The van der Waals surface area contributed by atoms with Crippen molar-refractivity contribution in [3.05, 3.63) is 64.9 Å². The lowest BCUT2D eigenvalue weighted by Crippen LogP contribution is -2.50. The molecule has 1 aliphatic heterocycles. The molecule has 3 aromatic rings. The lowest BCUT2D eigenvalue weighted by Gasteiger charge is -2.34. The van der Waals surface area contributed by atoms with E-state index in [9.17, 15) is 9.59 Å². The number of aryl methyl sites for hydroxylation is 2. The number of amides is 2. The topological polar surface area (TPSA) is 66.7 Å². The molecule has 2 amide bonds. The molecule has 30 heavy (non-hydrogen) atoms. The van der Waals surface area contributed by atoms with Crippen molar-refractivity contribution in [3.8, 4) is 10.8 Å². The van der Waals surface area contributed by atoms with Crippen LogP contribution >= 0.6 is 11.3 Å². The second kappa shape index (κ2) is 9.26. The monoisotopic (exact) mass is 423 g/mol. The van der Waals surface area contributed by atoms with E-state index in [1.807, 2.05) is 42.2 Å². The number of nitrogens with zero attached hydrogens (tertiary/aromatic N) is 3. The van der Waals surface area contributed by atoms with Gasteiger partial charge in [-0.05, 0) is 37.5 Å². The zero-order chi connectivity index (χ0) is 20.9. The van der Waals surface area contributed by atoms with Crippen LogP contribution < -0.4 is 0 Å². The summed E-state index contributed by atoms with van der Waals surface area (Å²) in [5.41, 5.74) is 1.74. The molecule has 0 aliphatic carbocycles. The first-order chi connectivity index (χ1) is 14.6. The van der Waals surface area contributed by atoms with Crippen LogP contribution in [-0.2, 0) is 11.2 Å². The number of thiazole rings is 1. The third-order valence-electron chi connectivity index (χ3n) is 5.35. The van der Waals surface area contributed by atoms with Crippen LogP contribution in [0.4, 0.5) is 0 Å². The highest BCUT2D eigenvalue weighted by molar-refractivity contribution is 7.15. The van der Waals surface area contributed by atoms with Crippen LogP contribution in [0.5, 0.6) is 0 Å². The fraction of sp³-hybridized carbons (Fsp3) is 0.348. The molecule has 0 bridgehead atoms. The summed E-state index contributed by atoms with van der Waals surface area (Å²) in [7, 11) is 0. The van der Waals surface area contributed by atoms with Crippen molar-refractivity contribution >= 4 is 23.2 Å². The van der Waals surface area contributed by atoms with Gasteiger partial charge in [-0.15, -0.1) is 11.3 Å². The Balaban J connectivity index is 1.28. The van der Waals surface area contributed by atoms with Gasteiger partial charge in [0, 0.05) is 37.5 Å². The Bertz CT molecular complexity index is 990. The van der Waals surface area contributed by atoms with Gasteiger partial charge < -0.3 is 14.2 Å². The van der Waals surface area contributed by atoms with Crippen LogP contribution in [-0.4, -0.2) is 52.8 Å². The summed E-state index contributed by atoms with van der Waals surface area (Å²) in [6.07, 6.45) is 3.89. The van der Waals surface area contributed by atoms with E-state index in [1.165, 1.54) is 16.9 Å². The van der Waals surface area contributed by atoms with E-state index in [2.05, 4.69) is 17.1 Å². The van der Waals surface area contributed by atoms with Crippen molar-refractivity contribution in [2.45, 2.75) is 26.2 Å². The minimum Gasteiger partial charge on any atom is -0.462 e. The number of rotatable bonds is 6. The van der Waals surface area contributed by atoms with Crippen LogP contribution in [0.3, 0.4) is 0 Å². The predicted octanol–water partition coefficient (Wildman–Crippen LogP) is 4.02. The summed E-state index contributed by atoms with van der Waals surface area (Å²) in [5.74, 6) is 0.772. The van der Waals surface area contributed by atoms with Crippen LogP contribution in [0.1, 0.15) is 33.8 Å². The molecule has 3 heterocycles.